The summed E-state index contributed by atoms with van der Waals surface area (Å²) in [5.74, 6) is -0.228. The molecule has 0 saturated carbocycles. The van der Waals surface area contributed by atoms with Gasteiger partial charge < -0.3 is 15.0 Å². The van der Waals surface area contributed by atoms with Crippen LogP contribution < -0.4 is 14.4 Å². The summed E-state index contributed by atoms with van der Waals surface area (Å²) in [5, 5.41) is 3.20. The fourth-order valence-corrected chi connectivity index (χ4v) is 4.29. The van der Waals surface area contributed by atoms with Gasteiger partial charge in [0.25, 0.3) is 0 Å². The zero-order chi connectivity index (χ0) is 25.5. The van der Waals surface area contributed by atoms with E-state index in [2.05, 4.69) is 5.32 Å². The van der Waals surface area contributed by atoms with Crippen molar-refractivity contribution in [2.75, 3.05) is 30.8 Å². The van der Waals surface area contributed by atoms with E-state index in [1.54, 1.807) is 38.3 Å². The maximum Gasteiger partial charge on any atom is 0.244 e. The minimum Gasteiger partial charge on any atom is -0.497 e. The van der Waals surface area contributed by atoms with E-state index in [4.69, 9.17) is 27.9 Å². The van der Waals surface area contributed by atoms with E-state index in [1.165, 1.54) is 23.1 Å². The van der Waals surface area contributed by atoms with Crippen molar-refractivity contribution in [2.24, 2.45) is 0 Å². The molecule has 11 heteroatoms. The predicted octanol–water partition coefficient (Wildman–Crippen LogP) is 3.71. The second kappa shape index (κ2) is 12.3. The first-order valence-electron chi connectivity index (χ1n) is 10.6. The molecule has 2 aromatic carbocycles. The lowest BCUT2D eigenvalue weighted by Gasteiger charge is -2.31. The van der Waals surface area contributed by atoms with E-state index >= 15 is 0 Å². The number of nitrogens with zero attached hydrogens (tertiary/aromatic N) is 2. The van der Waals surface area contributed by atoms with Crippen LogP contribution in [-0.4, -0.2) is 57.6 Å². The van der Waals surface area contributed by atoms with Gasteiger partial charge in [0, 0.05) is 13.1 Å². The van der Waals surface area contributed by atoms with Crippen molar-refractivity contribution in [1.82, 2.24) is 10.2 Å². The molecule has 0 aliphatic carbocycles. The summed E-state index contributed by atoms with van der Waals surface area (Å²) in [6.45, 7) is 3.58. The van der Waals surface area contributed by atoms with Crippen molar-refractivity contribution >= 4 is 50.7 Å². The Morgan fingerprint density at radius 2 is 1.74 bits per heavy atom. The molecule has 2 rings (SSSR count). The third kappa shape index (κ3) is 7.51. The van der Waals surface area contributed by atoms with Gasteiger partial charge >= 0.3 is 0 Å². The number of anilines is 1. The van der Waals surface area contributed by atoms with Crippen molar-refractivity contribution in [3.05, 3.63) is 58.1 Å². The summed E-state index contributed by atoms with van der Waals surface area (Å²) in [6, 6.07) is 10.5. The Hall–Kier alpha value is -2.49. The number of amides is 2. The summed E-state index contributed by atoms with van der Waals surface area (Å²) in [5.41, 5.74) is 0.947. The molecule has 0 heterocycles. The van der Waals surface area contributed by atoms with Gasteiger partial charge in [-0.2, -0.15) is 0 Å². The van der Waals surface area contributed by atoms with Gasteiger partial charge in [0.15, 0.2) is 0 Å². The van der Waals surface area contributed by atoms with Crippen LogP contribution in [0.5, 0.6) is 5.75 Å². The van der Waals surface area contributed by atoms with Gasteiger partial charge in [0.1, 0.15) is 18.3 Å². The quantitative estimate of drug-likeness (QED) is 0.478. The summed E-state index contributed by atoms with van der Waals surface area (Å²) in [4.78, 5) is 27.5. The van der Waals surface area contributed by atoms with Gasteiger partial charge in [-0.1, -0.05) is 42.3 Å². The Balaban J connectivity index is 2.38. The highest BCUT2D eigenvalue weighted by atomic mass is 35.5. The molecule has 0 spiro atoms. The third-order valence-electron chi connectivity index (χ3n) is 5.10. The SMILES string of the molecule is CCCNC(=O)[C@@H](C)N(Cc1ccc(OC)cc1)C(=O)CN(c1ccc(Cl)c(Cl)c1)S(C)(=O)=O. The average molecular weight is 530 g/mol. The average Bonchev–Trinajstić information content (AvgIpc) is 2.80. The van der Waals surface area contributed by atoms with Crippen molar-refractivity contribution in [3.63, 3.8) is 0 Å². The fourth-order valence-electron chi connectivity index (χ4n) is 3.16. The second-order valence-corrected chi connectivity index (χ2v) is 10.4. The standard InChI is InChI=1S/C23H29Cl2N3O5S/c1-5-12-26-23(30)16(2)27(14-17-6-9-19(33-3)10-7-17)22(29)15-28(34(4,31)32)18-8-11-20(24)21(25)13-18/h6-11,13,16H,5,12,14-15H2,1-4H3,(H,26,30)/t16-/m1/s1. The number of halogens is 2. The van der Waals surface area contributed by atoms with E-state index in [-0.39, 0.29) is 28.2 Å². The van der Waals surface area contributed by atoms with Crippen LogP contribution in [0.4, 0.5) is 5.69 Å². The van der Waals surface area contributed by atoms with Gasteiger partial charge in [0.2, 0.25) is 21.8 Å². The Bertz CT molecular complexity index is 1110. The Morgan fingerprint density at radius 1 is 1.09 bits per heavy atom. The molecule has 1 atom stereocenters. The summed E-state index contributed by atoms with van der Waals surface area (Å²) < 4.78 is 31.2. The zero-order valence-corrected chi connectivity index (χ0v) is 21.9. The maximum absolute atomic E-state index is 13.4. The molecule has 8 nitrogen and oxygen atoms in total. The molecule has 0 unspecified atom stereocenters. The molecule has 0 aliphatic heterocycles. The first-order valence-corrected chi connectivity index (χ1v) is 13.2. The highest BCUT2D eigenvalue weighted by Gasteiger charge is 2.30. The predicted molar refractivity (Wildman–Crippen MR) is 135 cm³/mol. The van der Waals surface area contributed by atoms with E-state index in [0.717, 1.165) is 22.5 Å². The molecule has 0 saturated heterocycles. The van der Waals surface area contributed by atoms with Crippen LogP contribution in [0.25, 0.3) is 0 Å². The fraction of sp³-hybridized carbons (Fsp3) is 0.391. The van der Waals surface area contributed by atoms with Crippen molar-refractivity contribution in [3.8, 4) is 5.75 Å². The van der Waals surface area contributed by atoms with Gasteiger partial charge in [-0.25, -0.2) is 8.42 Å². The number of benzene rings is 2. The Labute approximate surface area is 210 Å². The Morgan fingerprint density at radius 3 is 2.26 bits per heavy atom. The lowest BCUT2D eigenvalue weighted by Crippen LogP contribution is -2.51. The van der Waals surface area contributed by atoms with Crippen LogP contribution in [-0.2, 0) is 26.2 Å². The Kier molecular flexibility index (Phi) is 10.0. The van der Waals surface area contributed by atoms with E-state index in [9.17, 15) is 18.0 Å². The smallest absolute Gasteiger partial charge is 0.244 e. The molecular weight excluding hydrogens is 501 g/mol. The molecule has 0 fully saturated rings. The topological polar surface area (TPSA) is 96.0 Å². The molecule has 0 radical (unpaired) electrons. The summed E-state index contributed by atoms with van der Waals surface area (Å²) in [6.07, 6.45) is 1.73. The first kappa shape index (κ1) is 27.8. The summed E-state index contributed by atoms with van der Waals surface area (Å²) in [7, 11) is -2.30. The molecule has 0 bridgehead atoms. The highest BCUT2D eigenvalue weighted by molar-refractivity contribution is 7.92. The third-order valence-corrected chi connectivity index (χ3v) is 6.98. The minimum atomic E-state index is -3.85. The van der Waals surface area contributed by atoms with Gasteiger partial charge in [-0.05, 0) is 49.2 Å². The molecule has 34 heavy (non-hydrogen) atoms. The van der Waals surface area contributed by atoms with Crippen LogP contribution in [0.15, 0.2) is 42.5 Å². The van der Waals surface area contributed by atoms with Crippen LogP contribution in [0.3, 0.4) is 0 Å². The molecule has 1 N–H and O–H groups in total. The number of nitrogens with one attached hydrogen (secondary N) is 1. The maximum atomic E-state index is 13.4. The monoisotopic (exact) mass is 529 g/mol. The number of ether oxygens (including phenoxy) is 1. The lowest BCUT2D eigenvalue weighted by atomic mass is 10.1. The van der Waals surface area contributed by atoms with Crippen LogP contribution in [0, 0.1) is 0 Å². The number of carbonyl (C=O) groups excluding carboxylic acids is 2. The molecule has 0 aromatic heterocycles. The molecule has 2 aromatic rings. The van der Waals surface area contributed by atoms with E-state index in [0.29, 0.717) is 12.3 Å². The first-order chi connectivity index (χ1) is 16.0. The molecule has 0 aliphatic rings. The lowest BCUT2D eigenvalue weighted by molar-refractivity contribution is -0.139. The number of rotatable bonds is 11. The number of sulfonamides is 1. The highest BCUT2D eigenvalue weighted by Crippen LogP contribution is 2.28. The number of hydrogen-bond acceptors (Lipinski definition) is 5. The normalized spacial score (nSPS) is 12.1. The zero-order valence-electron chi connectivity index (χ0n) is 19.5. The van der Waals surface area contributed by atoms with Crippen LogP contribution in [0.1, 0.15) is 25.8 Å². The molecule has 2 amide bonds. The van der Waals surface area contributed by atoms with Crippen molar-refractivity contribution in [2.45, 2.75) is 32.9 Å². The van der Waals surface area contributed by atoms with Gasteiger partial charge in [-0.3, -0.25) is 13.9 Å². The van der Waals surface area contributed by atoms with E-state index < -0.39 is 28.5 Å². The van der Waals surface area contributed by atoms with E-state index in [1.807, 2.05) is 6.92 Å². The van der Waals surface area contributed by atoms with Crippen molar-refractivity contribution in [1.29, 1.82) is 0 Å². The van der Waals surface area contributed by atoms with Gasteiger partial charge in [-0.15, -0.1) is 0 Å². The van der Waals surface area contributed by atoms with Crippen LogP contribution in [0.2, 0.25) is 10.0 Å². The number of methoxy groups -OCH3 is 1. The number of carbonyl (C=O) groups is 2. The van der Waals surface area contributed by atoms with Crippen molar-refractivity contribution < 1.29 is 22.7 Å². The number of hydrogen-bond donors (Lipinski definition) is 1. The van der Waals surface area contributed by atoms with Gasteiger partial charge in [0.05, 0.1) is 29.1 Å². The second-order valence-electron chi connectivity index (χ2n) is 7.70. The van der Waals surface area contributed by atoms with Crippen LogP contribution >= 0.6 is 23.2 Å². The molecule has 186 valence electrons. The summed E-state index contributed by atoms with van der Waals surface area (Å²) >= 11 is 12.0. The molecular formula is C23H29Cl2N3O5S. The largest absolute Gasteiger partial charge is 0.497 e. The minimum absolute atomic E-state index is 0.0997.